The fraction of sp³-hybridized carbons (Fsp3) is 0.429. The van der Waals surface area contributed by atoms with Gasteiger partial charge in [0, 0.05) is 61.5 Å². The monoisotopic (exact) mass is 490 g/mol. The van der Waals surface area contributed by atoms with E-state index < -0.39 is 0 Å². The molecule has 2 fully saturated rings. The molecule has 8 heteroatoms. The zero-order valence-corrected chi connectivity index (χ0v) is 20.6. The molecule has 0 aliphatic carbocycles. The molecule has 2 N–H and O–H groups in total. The van der Waals surface area contributed by atoms with Crippen LogP contribution in [0.3, 0.4) is 0 Å². The molecule has 0 atom stereocenters. The van der Waals surface area contributed by atoms with Crippen molar-refractivity contribution < 1.29 is 19.2 Å². The maximum atomic E-state index is 12.6. The van der Waals surface area contributed by atoms with Gasteiger partial charge in [-0.15, -0.1) is 0 Å². The summed E-state index contributed by atoms with van der Waals surface area (Å²) in [5.74, 6) is -0.508. The molecular weight excluding hydrogens is 456 g/mol. The highest BCUT2D eigenvalue weighted by molar-refractivity contribution is 5.99. The molecule has 2 heterocycles. The van der Waals surface area contributed by atoms with E-state index in [1.54, 1.807) is 48.5 Å². The number of likely N-dealkylation sites (tertiary alicyclic amines) is 2. The van der Waals surface area contributed by atoms with Crippen molar-refractivity contribution in [1.29, 1.82) is 0 Å². The van der Waals surface area contributed by atoms with Crippen LogP contribution in [0.1, 0.15) is 72.1 Å². The number of carbonyl (C=O) groups excluding carboxylic acids is 4. The number of piperidine rings is 2. The number of benzene rings is 2. The SMILES string of the molecule is O=C(CCC(=O)Nc1ccc(C(=O)N2CCCCC2)cc1)Nc1ccc(C(=O)N2CCCCC2)cc1. The highest BCUT2D eigenvalue weighted by Gasteiger charge is 2.19. The molecule has 0 unspecified atom stereocenters. The minimum absolute atomic E-state index is 0.0214. The van der Waals surface area contributed by atoms with Gasteiger partial charge in [0.1, 0.15) is 0 Å². The molecule has 190 valence electrons. The van der Waals surface area contributed by atoms with E-state index in [1.807, 2.05) is 9.80 Å². The second-order valence-electron chi connectivity index (χ2n) is 9.46. The summed E-state index contributed by atoms with van der Waals surface area (Å²) in [5, 5.41) is 5.54. The maximum Gasteiger partial charge on any atom is 0.253 e. The predicted octanol–water partition coefficient (Wildman–Crippen LogP) is 4.30. The first-order valence-corrected chi connectivity index (χ1v) is 12.9. The van der Waals surface area contributed by atoms with Crippen LogP contribution in [0.4, 0.5) is 11.4 Å². The van der Waals surface area contributed by atoms with Crippen LogP contribution in [-0.4, -0.2) is 59.6 Å². The number of carbonyl (C=O) groups is 4. The molecule has 4 amide bonds. The van der Waals surface area contributed by atoms with E-state index in [4.69, 9.17) is 0 Å². The number of anilines is 2. The Kier molecular flexibility index (Phi) is 8.71. The summed E-state index contributed by atoms with van der Waals surface area (Å²) in [6.45, 7) is 3.17. The Bertz CT molecular complexity index is 982. The molecule has 2 saturated heterocycles. The van der Waals surface area contributed by atoms with E-state index in [-0.39, 0.29) is 36.5 Å². The molecular formula is C28H34N4O4. The number of nitrogens with one attached hydrogen (secondary N) is 2. The first-order valence-electron chi connectivity index (χ1n) is 12.9. The van der Waals surface area contributed by atoms with Crippen LogP contribution in [0.2, 0.25) is 0 Å². The minimum Gasteiger partial charge on any atom is -0.339 e. The van der Waals surface area contributed by atoms with Crippen LogP contribution in [0.5, 0.6) is 0 Å². The second-order valence-corrected chi connectivity index (χ2v) is 9.46. The highest BCUT2D eigenvalue weighted by Crippen LogP contribution is 2.17. The molecule has 0 radical (unpaired) electrons. The number of hydrogen-bond donors (Lipinski definition) is 2. The average molecular weight is 491 g/mol. The van der Waals surface area contributed by atoms with Crippen LogP contribution < -0.4 is 10.6 Å². The topological polar surface area (TPSA) is 98.8 Å². The fourth-order valence-corrected chi connectivity index (χ4v) is 4.63. The number of rotatable bonds is 7. The molecule has 8 nitrogen and oxygen atoms in total. The normalized spacial score (nSPS) is 15.8. The lowest BCUT2D eigenvalue weighted by Gasteiger charge is -2.26. The van der Waals surface area contributed by atoms with Crippen molar-refractivity contribution in [2.24, 2.45) is 0 Å². The molecule has 2 aromatic rings. The number of amides is 4. The van der Waals surface area contributed by atoms with Crippen molar-refractivity contribution >= 4 is 35.0 Å². The van der Waals surface area contributed by atoms with Crippen molar-refractivity contribution in [1.82, 2.24) is 9.80 Å². The quantitative estimate of drug-likeness (QED) is 0.605. The minimum atomic E-state index is -0.275. The van der Waals surface area contributed by atoms with Gasteiger partial charge in [-0.3, -0.25) is 19.2 Å². The van der Waals surface area contributed by atoms with Gasteiger partial charge in [-0.2, -0.15) is 0 Å². The van der Waals surface area contributed by atoms with E-state index in [0.717, 1.165) is 51.9 Å². The van der Waals surface area contributed by atoms with Gasteiger partial charge in [-0.1, -0.05) is 0 Å². The lowest BCUT2D eigenvalue weighted by molar-refractivity contribution is -0.121. The second kappa shape index (κ2) is 12.3. The van der Waals surface area contributed by atoms with Gasteiger partial charge < -0.3 is 20.4 Å². The predicted molar refractivity (Wildman–Crippen MR) is 139 cm³/mol. The third kappa shape index (κ3) is 6.93. The van der Waals surface area contributed by atoms with Crippen LogP contribution in [0, 0.1) is 0 Å². The Labute approximate surface area is 212 Å². The molecule has 4 rings (SSSR count). The van der Waals surface area contributed by atoms with Crippen molar-refractivity contribution in [2.45, 2.75) is 51.4 Å². The van der Waals surface area contributed by atoms with E-state index >= 15 is 0 Å². The molecule has 36 heavy (non-hydrogen) atoms. The van der Waals surface area contributed by atoms with Crippen LogP contribution in [-0.2, 0) is 9.59 Å². The summed E-state index contributed by atoms with van der Waals surface area (Å²) in [4.78, 5) is 53.5. The lowest BCUT2D eigenvalue weighted by atomic mass is 10.1. The van der Waals surface area contributed by atoms with Crippen molar-refractivity contribution in [2.75, 3.05) is 36.8 Å². The average Bonchev–Trinajstić information content (AvgIpc) is 2.93. The van der Waals surface area contributed by atoms with Gasteiger partial charge in [-0.25, -0.2) is 0 Å². The van der Waals surface area contributed by atoms with Gasteiger partial charge in [-0.05, 0) is 87.1 Å². The summed E-state index contributed by atoms with van der Waals surface area (Å²) in [6, 6.07) is 13.7. The third-order valence-corrected chi connectivity index (χ3v) is 6.70. The van der Waals surface area contributed by atoms with Crippen LogP contribution in [0.15, 0.2) is 48.5 Å². The fourth-order valence-electron chi connectivity index (χ4n) is 4.63. The van der Waals surface area contributed by atoms with E-state index in [1.165, 1.54) is 12.8 Å². The van der Waals surface area contributed by atoms with Crippen molar-refractivity contribution in [3.8, 4) is 0 Å². The zero-order valence-electron chi connectivity index (χ0n) is 20.6. The van der Waals surface area contributed by atoms with E-state index in [2.05, 4.69) is 10.6 Å². The van der Waals surface area contributed by atoms with Gasteiger partial charge in [0.05, 0.1) is 0 Å². The molecule has 0 aromatic heterocycles. The summed E-state index contributed by atoms with van der Waals surface area (Å²) in [7, 11) is 0. The maximum absolute atomic E-state index is 12.6. The van der Waals surface area contributed by atoms with Crippen molar-refractivity contribution in [3.05, 3.63) is 59.7 Å². The highest BCUT2D eigenvalue weighted by atomic mass is 16.2. The Morgan fingerprint density at radius 1 is 0.528 bits per heavy atom. The van der Waals surface area contributed by atoms with Crippen LogP contribution >= 0.6 is 0 Å². The Morgan fingerprint density at radius 2 is 0.861 bits per heavy atom. The Hall–Kier alpha value is -3.68. The van der Waals surface area contributed by atoms with Crippen LogP contribution in [0.25, 0.3) is 0 Å². The summed E-state index contributed by atoms with van der Waals surface area (Å²) < 4.78 is 0. The van der Waals surface area contributed by atoms with E-state index in [9.17, 15) is 19.2 Å². The van der Waals surface area contributed by atoms with Crippen molar-refractivity contribution in [3.63, 3.8) is 0 Å². The standard InChI is InChI=1S/C28H34N4O4/c33-25(29-23-11-7-21(8-12-23)27(35)31-17-3-1-4-18-31)15-16-26(34)30-24-13-9-22(10-14-24)28(36)32-19-5-2-6-20-32/h7-14H,1-6,15-20H2,(H,29,33)(H,30,34). The first-order chi connectivity index (χ1) is 17.5. The molecule has 0 bridgehead atoms. The summed E-state index contributed by atoms with van der Waals surface area (Å²) in [5.41, 5.74) is 2.39. The number of nitrogens with zero attached hydrogens (tertiary/aromatic N) is 2. The largest absolute Gasteiger partial charge is 0.339 e. The molecule has 2 aliphatic heterocycles. The molecule has 2 aromatic carbocycles. The van der Waals surface area contributed by atoms with Gasteiger partial charge in [0.2, 0.25) is 11.8 Å². The Balaban J connectivity index is 1.20. The first kappa shape index (κ1) is 25.4. The van der Waals surface area contributed by atoms with E-state index in [0.29, 0.717) is 22.5 Å². The third-order valence-electron chi connectivity index (χ3n) is 6.70. The zero-order chi connectivity index (χ0) is 25.3. The summed E-state index contributed by atoms with van der Waals surface area (Å²) >= 11 is 0. The smallest absolute Gasteiger partial charge is 0.253 e. The van der Waals surface area contributed by atoms with Gasteiger partial charge in [0.25, 0.3) is 11.8 Å². The van der Waals surface area contributed by atoms with Gasteiger partial charge >= 0.3 is 0 Å². The molecule has 2 aliphatic rings. The van der Waals surface area contributed by atoms with Gasteiger partial charge in [0.15, 0.2) is 0 Å². The summed E-state index contributed by atoms with van der Waals surface area (Å²) in [6.07, 6.45) is 6.55. The Morgan fingerprint density at radius 3 is 1.19 bits per heavy atom. The molecule has 0 spiro atoms. The number of hydrogen-bond acceptors (Lipinski definition) is 4. The lowest BCUT2D eigenvalue weighted by Crippen LogP contribution is -2.35. The molecule has 0 saturated carbocycles.